The minimum absolute atomic E-state index is 0.239. The van der Waals surface area contributed by atoms with Gasteiger partial charge in [-0.25, -0.2) is 4.98 Å². The Morgan fingerprint density at radius 3 is 2.50 bits per heavy atom. The molecule has 2 aromatic heterocycles. The largest absolute Gasteiger partial charge is 0.497 e. The SMILES string of the molecule is COc1ccc(C(NC(=O)c2cc(=O)n(C)c3ccccc23)c2nccn2C)cc1. The van der Waals surface area contributed by atoms with E-state index in [1.807, 2.05) is 66.3 Å². The van der Waals surface area contributed by atoms with Crippen LogP contribution in [0.25, 0.3) is 10.9 Å². The van der Waals surface area contributed by atoms with Crippen LogP contribution in [0.3, 0.4) is 0 Å². The van der Waals surface area contributed by atoms with E-state index in [9.17, 15) is 9.59 Å². The monoisotopic (exact) mass is 402 g/mol. The van der Waals surface area contributed by atoms with E-state index in [1.54, 1.807) is 20.4 Å². The van der Waals surface area contributed by atoms with Crippen LogP contribution < -0.4 is 15.6 Å². The van der Waals surface area contributed by atoms with Crippen LogP contribution in [0.5, 0.6) is 5.75 Å². The molecule has 0 aliphatic heterocycles. The van der Waals surface area contributed by atoms with Crippen LogP contribution in [0, 0.1) is 0 Å². The molecule has 0 spiro atoms. The van der Waals surface area contributed by atoms with Crippen molar-refractivity contribution in [2.24, 2.45) is 14.1 Å². The molecule has 152 valence electrons. The molecule has 2 aromatic carbocycles. The van der Waals surface area contributed by atoms with E-state index in [4.69, 9.17) is 4.74 Å². The average molecular weight is 402 g/mol. The molecule has 7 heteroatoms. The van der Waals surface area contributed by atoms with Crippen molar-refractivity contribution in [1.82, 2.24) is 19.4 Å². The summed E-state index contributed by atoms with van der Waals surface area (Å²) in [7, 11) is 5.17. The van der Waals surface area contributed by atoms with Crippen molar-refractivity contribution < 1.29 is 9.53 Å². The first-order valence-corrected chi connectivity index (χ1v) is 9.50. The summed E-state index contributed by atoms with van der Waals surface area (Å²) in [6.45, 7) is 0. The van der Waals surface area contributed by atoms with E-state index >= 15 is 0 Å². The number of carbonyl (C=O) groups excluding carboxylic acids is 1. The second-order valence-corrected chi connectivity index (χ2v) is 7.05. The molecule has 4 aromatic rings. The molecule has 30 heavy (non-hydrogen) atoms. The fourth-order valence-corrected chi connectivity index (χ4v) is 3.56. The molecule has 0 aliphatic rings. The number of rotatable bonds is 5. The van der Waals surface area contributed by atoms with E-state index in [0.29, 0.717) is 22.3 Å². The molecule has 0 fully saturated rings. The predicted molar refractivity (Wildman–Crippen MR) is 115 cm³/mol. The van der Waals surface area contributed by atoms with Crippen LogP contribution in [0.1, 0.15) is 27.8 Å². The number of ether oxygens (including phenoxy) is 1. The van der Waals surface area contributed by atoms with Gasteiger partial charge in [-0.05, 0) is 23.8 Å². The Morgan fingerprint density at radius 1 is 1.10 bits per heavy atom. The zero-order valence-corrected chi connectivity index (χ0v) is 17.0. The van der Waals surface area contributed by atoms with Crippen LogP contribution >= 0.6 is 0 Å². The van der Waals surface area contributed by atoms with Crippen LogP contribution in [-0.4, -0.2) is 27.1 Å². The number of hydrogen-bond acceptors (Lipinski definition) is 4. The van der Waals surface area contributed by atoms with Crippen LogP contribution in [0.4, 0.5) is 0 Å². The van der Waals surface area contributed by atoms with Crippen molar-refractivity contribution in [3.05, 3.63) is 94.3 Å². The van der Waals surface area contributed by atoms with Gasteiger partial charge < -0.3 is 19.2 Å². The lowest BCUT2D eigenvalue weighted by molar-refractivity contribution is 0.0942. The van der Waals surface area contributed by atoms with Gasteiger partial charge in [0.05, 0.1) is 18.2 Å². The highest BCUT2D eigenvalue weighted by molar-refractivity contribution is 6.06. The minimum atomic E-state index is -0.494. The first-order chi connectivity index (χ1) is 14.5. The molecule has 0 saturated heterocycles. The summed E-state index contributed by atoms with van der Waals surface area (Å²) in [5.74, 6) is 1.07. The molecule has 0 aliphatic carbocycles. The van der Waals surface area contributed by atoms with Gasteiger partial charge in [0.2, 0.25) is 0 Å². The van der Waals surface area contributed by atoms with Crippen molar-refractivity contribution >= 4 is 16.8 Å². The summed E-state index contributed by atoms with van der Waals surface area (Å²) < 4.78 is 8.63. The zero-order chi connectivity index (χ0) is 21.3. The van der Waals surface area contributed by atoms with Gasteiger partial charge in [0.1, 0.15) is 17.6 Å². The highest BCUT2D eigenvalue weighted by Crippen LogP contribution is 2.24. The standard InChI is InChI=1S/C23H22N4O3/c1-26-13-12-24-22(26)21(15-8-10-16(30-3)11-9-15)25-23(29)18-14-20(28)27(2)19-7-5-4-6-17(18)19/h4-14,21H,1-3H3,(H,25,29). The van der Waals surface area contributed by atoms with Crippen molar-refractivity contribution in [3.8, 4) is 5.75 Å². The van der Waals surface area contributed by atoms with Gasteiger partial charge in [0.15, 0.2) is 0 Å². The maximum absolute atomic E-state index is 13.3. The molecule has 1 amide bonds. The van der Waals surface area contributed by atoms with Gasteiger partial charge >= 0.3 is 0 Å². The van der Waals surface area contributed by atoms with Gasteiger partial charge in [-0.15, -0.1) is 0 Å². The fourth-order valence-electron chi connectivity index (χ4n) is 3.56. The highest BCUT2D eigenvalue weighted by atomic mass is 16.5. The Morgan fingerprint density at radius 2 is 1.83 bits per heavy atom. The topological polar surface area (TPSA) is 78.2 Å². The summed E-state index contributed by atoms with van der Waals surface area (Å²) >= 11 is 0. The first kappa shape index (κ1) is 19.4. The molecule has 0 radical (unpaired) electrons. The minimum Gasteiger partial charge on any atom is -0.497 e. The summed E-state index contributed by atoms with van der Waals surface area (Å²) in [6.07, 6.45) is 3.51. The van der Waals surface area contributed by atoms with Crippen molar-refractivity contribution in [1.29, 1.82) is 0 Å². The predicted octanol–water partition coefficient (Wildman–Crippen LogP) is 2.80. The van der Waals surface area contributed by atoms with Gasteiger partial charge in [0.25, 0.3) is 11.5 Å². The lowest BCUT2D eigenvalue weighted by atomic mass is 10.0. The molecule has 4 rings (SSSR count). The van der Waals surface area contributed by atoms with Gasteiger partial charge in [-0.1, -0.05) is 30.3 Å². The smallest absolute Gasteiger partial charge is 0.253 e. The van der Waals surface area contributed by atoms with Gasteiger partial charge in [0, 0.05) is 37.9 Å². The number of fused-ring (bicyclic) bond motifs is 1. The van der Waals surface area contributed by atoms with Crippen molar-refractivity contribution in [3.63, 3.8) is 0 Å². The van der Waals surface area contributed by atoms with E-state index < -0.39 is 6.04 Å². The van der Waals surface area contributed by atoms with E-state index in [2.05, 4.69) is 10.3 Å². The molecular formula is C23H22N4O3. The molecule has 0 saturated carbocycles. The van der Waals surface area contributed by atoms with Gasteiger partial charge in [-0.3, -0.25) is 9.59 Å². The highest BCUT2D eigenvalue weighted by Gasteiger charge is 2.23. The first-order valence-electron chi connectivity index (χ1n) is 9.50. The Hall–Kier alpha value is -3.87. The zero-order valence-electron chi connectivity index (χ0n) is 17.0. The molecule has 2 heterocycles. The van der Waals surface area contributed by atoms with Crippen LogP contribution in [0.2, 0.25) is 0 Å². The van der Waals surface area contributed by atoms with E-state index in [-0.39, 0.29) is 11.5 Å². The normalized spacial score (nSPS) is 12.0. The Balaban J connectivity index is 1.78. The number of pyridine rings is 1. The number of hydrogen-bond donors (Lipinski definition) is 1. The number of nitrogens with zero attached hydrogens (tertiary/aromatic N) is 3. The summed E-state index contributed by atoms with van der Waals surface area (Å²) in [6, 6.07) is 15.7. The summed E-state index contributed by atoms with van der Waals surface area (Å²) in [5, 5.41) is 3.77. The molecule has 7 nitrogen and oxygen atoms in total. The van der Waals surface area contributed by atoms with E-state index in [1.165, 1.54) is 10.6 Å². The van der Waals surface area contributed by atoms with Crippen molar-refractivity contribution in [2.45, 2.75) is 6.04 Å². The summed E-state index contributed by atoms with van der Waals surface area (Å²) in [4.78, 5) is 30.2. The number of benzene rings is 2. The third kappa shape index (κ3) is 3.45. The lowest BCUT2D eigenvalue weighted by Crippen LogP contribution is -2.32. The second kappa shape index (κ2) is 7.87. The van der Waals surface area contributed by atoms with E-state index in [0.717, 1.165) is 11.3 Å². The maximum atomic E-state index is 13.3. The number of aryl methyl sites for hydroxylation is 2. The third-order valence-corrected chi connectivity index (χ3v) is 5.24. The Kier molecular flexibility index (Phi) is 5.10. The van der Waals surface area contributed by atoms with Gasteiger partial charge in [-0.2, -0.15) is 0 Å². The van der Waals surface area contributed by atoms with Crippen LogP contribution in [-0.2, 0) is 14.1 Å². The van der Waals surface area contributed by atoms with Crippen LogP contribution in [0.15, 0.2) is 71.8 Å². The number of imidazole rings is 1. The third-order valence-electron chi connectivity index (χ3n) is 5.24. The molecule has 1 unspecified atom stereocenters. The second-order valence-electron chi connectivity index (χ2n) is 7.05. The summed E-state index contributed by atoms with van der Waals surface area (Å²) in [5.41, 5.74) is 1.65. The number of amides is 1. The average Bonchev–Trinajstić information content (AvgIpc) is 3.20. The number of nitrogens with one attached hydrogen (secondary N) is 1. The number of aromatic nitrogens is 3. The molecular weight excluding hydrogens is 380 g/mol. The van der Waals surface area contributed by atoms with Crippen molar-refractivity contribution in [2.75, 3.05) is 7.11 Å². The Bertz CT molecular complexity index is 1270. The maximum Gasteiger partial charge on any atom is 0.253 e. The number of methoxy groups -OCH3 is 1. The fraction of sp³-hybridized carbons (Fsp3) is 0.174. The number of carbonyl (C=O) groups is 1. The Labute approximate surface area is 173 Å². The molecule has 1 atom stereocenters. The number of para-hydroxylation sites is 1. The molecule has 0 bridgehead atoms. The quantitative estimate of drug-likeness (QED) is 0.557. The lowest BCUT2D eigenvalue weighted by Gasteiger charge is -2.20. The molecule has 1 N–H and O–H groups in total.